The molecule has 230 valence electrons. The van der Waals surface area contributed by atoms with Crippen LogP contribution in [-0.2, 0) is 17.1 Å². The molecule has 1 aliphatic rings. The Bertz CT molecular complexity index is 1550. The second kappa shape index (κ2) is 11.5. The second-order valence-electron chi connectivity index (χ2n) is 11.4. The lowest BCUT2D eigenvalue weighted by Gasteiger charge is -2.35. The van der Waals surface area contributed by atoms with Crippen LogP contribution in [0.4, 0.5) is 32.0 Å². The molecule has 0 aromatic carbocycles. The Morgan fingerprint density at radius 2 is 1.70 bits per heavy atom. The summed E-state index contributed by atoms with van der Waals surface area (Å²) in [5.41, 5.74) is -2.41. The summed E-state index contributed by atoms with van der Waals surface area (Å²) in [6.45, 7) is 6.89. The van der Waals surface area contributed by atoms with Crippen molar-refractivity contribution in [2.75, 3.05) is 12.4 Å². The molecule has 1 N–H and O–H groups in total. The van der Waals surface area contributed by atoms with Gasteiger partial charge >= 0.3 is 12.4 Å². The SMILES string of the molecule is Cc1c(C(=O)Nc2cnc(C3=CCC(N(C)C(=O)C(C)(C)C)CC3)c(C(F)(F)F)c2)cnn1-c1ccc(C(F)(F)F)cn1. The van der Waals surface area contributed by atoms with Gasteiger partial charge in [0, 0.05) is 24.7 Å². The molecule has 1 atom stereocenters. The van der Waals surface area contributed by atoms with Crippen LogP contribution in [0.3, 0.4) is 0 Å². The predicted molar refractivity (Wildman–Crippen MR) is 146 cm³/mol. The molecule has 1 aliphatic carbocycles. The number of nitrogens with zero attached hydrogens (tertiary/aromatic N) is 5. The zero-order chi connectivity index (χ0) is 31.9. The monoisotopic (exact) mass is 608 g/mol. The maximum absolute atomic E-state index is 14.1. The van der Waals surface area contributed by atoms with Gasteiger partial charge in [-0.25, -0.2) is 9.67 Å². The maximum atomic E-state index is 14.1. The van der Waals surface area contributed by atoms with Gasteiger partial charge in [-0.15, -0.1) is 0 Å². The summed E-state index contributed by atoms with van der Waals surface area (Å²) < 4.78 is 82.1. The van der Waals surface area contributed by atoms with Crippen molar-refractivity contribution in [2.45, 2.75) is 65.4 Å². The van der Waals surface area contributed by atoms with E-state index in [0.29, 0.717) is 24.6 Å². The largest absolute Gasteiger partial charge is 0.418 e. The Morgan fingerprint density at radius 3 is 2.23 bits per heavy atom. The van der Waals surface area contributed by atoms with Crippen LogP contribution in [0.15, 0.2) is 42.9 Å². The molecule has 8 nitrogen and oxygen atoms in total. The number of halogens is 6. The van der Waals surface area contributed by atoms with Gasteiger partial charge in [0.2, 0.25) is 5.91 Å². The highest BCUT2D eigenvalue weighted by Crippen LogP contribution is 2.39. The highest BCUT2D eigenvalue weighted by Gasteiger charge is 2.37. The standard InChI is InChI=1S/C29H30F6N6O2/c1-16-21(15-38-41(16)23-11-8-18(13-36-23)28(30,31)32)25(42)39-19-12-22(29(33,34)35)24(37-14-19)17-6-9-20(10-7-17)40(5)26(43)27(2,3)4/h6,8,11-15,20H,7,9-10H2,1-5H3,(H,39,42). The molecule has 4 rings (SSSR count). The molecule has 3 aromatic heterocycles. The lowest BCUT2D eigenvalue weighted by atomic mass is 9.88. The molecule has 1 unspecified atom stereocenters. The van der Waals surface area contributed by atoms with Gasteiger partial charge in [-0.1, -0.05) is 26.8 Å². The number of nitrogens with one attached hydrogen (secondary N) is 1. The van der Waals surface area contributed by atoms with Crippen molar-refractivity contribution in [2.24, 2.45) is 5.41 Å². The fourth-order valence-corrected chi connectivity index (χ4v) is 4.83. The number of aromatic nitrogens is 4. The Hall–Kier alpha value is -4.23. The van der Waals surface area contributed by atoms with Crippen LogP contribution in [0, 0.1) is 12.3 Å². The third kappa shape index (κ3) is 6.89. The molecule has 0 saturated heterocycles. The van der Waals surface area contributed by atoms with Crippen LogP contribution in [-0.4, -0.2) is 49.6 Å². The van der Waals surface area contributed by atoms with Crippen LogP contribution >= 0.6 is 0 Å². The molecule has 0 fully saturated rings. The topological polar surface area (TPSA) is 93.0 Å². The first kappa shape index (κ1) is 31.7. The van der Waals surface area contributed by atoms with E-state index in [1.54, 1.807) is 38.8 Å². The van der Waals surface area contributed by atoms with E-state index in [0.717, 1.165) is 35.3 Å². The number of rotatable bonds is 5. The van der Waals surface area contributed by atoms with Gasteiger partial charge < -0.3 is 10.2 Å². The van der Waals surface area contributed by atoms with E-state index in [9.17, 15) is 35.9 Å². The van der Waals surface area contributed by atoms with Crippen molar-refractivity contribution < 1.29 is 35.9 Å². The van der Waals surface area contributed by atoms with E-state index in [4.69, 9.17) is 0 Å². The first-order chi connectivity index (χ1) is 19.9. The minimum atomic E-state index is -4.77. The zero-order valence-electron chi connectivity index (χ0n) is 24.1. The molecule has 14 heteroatoms. The van der Waals surface area contributed by atoms with Gasteiger partial charge in [0.05, 0.1) is 46.2 Å². The summed E-state index contributed by atoms with van der Waals surface area (Å²) in [6.07, 6.45) is -3.64. The number of amides is 2. The lowest BCUT2D eigenvalue weighted by Crippen LogP contribution is -2.43. The Labute approximate surface area is 243 Å². The van der Waals surface area contributed by atoms with Gasteiger partial charge in [-0.2, -0.15) is 31.4 Å². The van der Waals surface area contributed by atoms with Crippen molar-refractivity contribution in [1.29, 1.82) is 0 Å². The number of hydrogen-bond acceptors (Lipinski definition) is 5. The Balaban J connectivity index is 1.54. The summed E-state index contributed by atoms with van der Waals surface area (Å²) in [6, 6.07) is 2.57. The quantitative estimate of drug-likeness (QED) is 0.326. The van der Waals surface area contributed by atoms with Crippen molar-refractivity contribution in [3.63, 3.8) is 0 Å². The van der Waals surface area contributed by atoms with Crippen LogP contribution in [0.1, 0.15) is 72.9 Å². The third-order valence-electron chi connectivity index (χ3n) is 7.19. The molecule has 43 heavy (non-hydrogen) atoms. The van der Waals surface area contributed by atoms with E-state index >= 15 is 0 Å². The van der Waals surface area contributed by atoms with Gasteiger partial charge in [0.1, 0.15) is 0 Å². The third-order valence-corrected chi connectivity index (χ3v) is 7.19. The van der Waals surface area contributed by atoms with Gasteiger partial charge in [0.25, 0.3) is 5.91 Å². The lowest BCUT2D eigenvalue weighted by molar-refractivity contribution is -0.140. The van der Waals surface area contributed by atoms with E-state index in [2.05, 4.69) is 20.4 Å². The van der Waals surface area contributed by atoms with Crippen molar-refractivity contribution in [3.8, 4) is 5.82 Å². The normalized spacial score (nSPS) is 16.1. The summed E-state index contributed by atoms with van der Waals surface area (Å²) >= 11 is 0. The zero-order valence-corrected chi connectivity index (χ0v) is 24.1. The molecule has 2 amide bonds. The number of hydrogen-bond donors (Lipinski definition) is 1. The predicted octanol–water partition coefficient (Wildman–Crippen LogP) is 6.70. The van der Waals surface area contributed by atoms with Crippen molar-refractivity contribution >= 4 is 23.1 Å². The van der Waals surface area contributed by atoms with Gasteiger partial charge in [0.15, 0.2) is 5.82 Å². The highest BCUT2D eigenvalue weighted by atomic mass is 19.4. The molecule has 0 saturated carbocycles. The molecule has 0 bridgehead atoms. The average Bonchev–Trinajstić information content (AvgIpc) is 3.32. The van der Waals surface area contributed by atoms with Crippen molar-refractivity contribution in [1.82, 2.24) is 24.6 Å². The van der Waals surface area contributed by atoms with E-state index < -0.39 is 34.8 Å². The van der Waals surface area contributed by atoms with Crippen LogP contribution in [0.5, 0.6) is 0 Å². The summed E-state index contributed by atoms with van der Waals surface area (Å²) in [7, 11) is 1.69. The maximum Gasteiger partial charge on any atom is 0.418 e. The van der Waals surface area contributed by atoms with Crippen LogP contribution < -0.4 is 5.32 Å². The van der Waals surface area contributed by atoms with E-state index in [-0.39, 0.29) is 46.8 Å². The molecular weight excluding hydrogens is 578 g/mol. The van der Waals surface area contributed by atoms with Crippen LogP contribution in [0.2, 0.25) is 0 Å². The molecule has 3 aromatic rings. The first-order valence-electron chi connectivity index (χ1n) is 13.3. The van der Waals surface area contributed by atoms with Gasteiger partial charge in [-0.05, 0) is 50.0 Å². The molecule has 0 radical (unpaired) electrons. The molecule has 0 aliphatic heterocycles. The van der Waals surface area contributed by atoms with Gasteiger partial charge in [-0.3, -0.25) is 14.6 Å². The van der Waals surface area contributed by atoms with Crippen LogP contribution in [0.25, 0.3) is 11.4 Å². The summed E-state index contributed by atoms with van der Waals surface area (Å²) in [4.78, 5) is 35.0. The summed E-state index contributed by atoms with van der Waals surface area (Å²) in [5.74, 6) is -0.823. The fraction of sp³-hybridized carbons (Fsp3) is 0.414. The number of pyridine rings is 2. The number of carbonyl (C=O) groups excluding carboxylic acids is 2. The molecule has 0 spiro atoms. The number of allylic oxidation sites excluding steroid dienone is 1. The first-order valence-corrected chi connectivity index (χ1v) is 13.3. The molecule has 3 heterocycles. The van der Waals surface area contributed by atoms with E-state index in [1.807, 2.05) is 0 Å². The summed E-state index contributed by atoms with van der Waals surface area (Å²) in [5, 5.41) is 6.40. The second-order valence-corrected chi connectivity index (χ2v) is 11.4. The number of alkyl halides is 6. The minimum absolute atomic E-state index is 0.0192. The minimum Gasteiger partial charge on any atom is -0.342 e. The fourth-order valence-electron chi connectivity index (χ4n) is 4.83. The number of anilines is 1. The van der Waals surface area contributed by atoms with Crippen molar-refractivity contribution in [3.05, 3.63) is 70.9 Å². The highest BCUT2D eigenvalue weighted by molar-refractivity contribution is 6.05. The Kier molecular flexibility index (Phi) is 8.44. The Morgan fingerprint density at radius 1 is 1.00 bits per heavy atom. The molecular formula is C29H30F6N6O2. The number of carbonyl (C=O) groups is 2. The smallest absolute Gasteiger partial charge is 0.342 e. The average molecular weight is 609 g/mol. The van der Waals surface area contributed by atoms with E-state index in [1.165, 1.54) is 6.92 Å².